The molecule has 8 heteroatoms. The number of aromatic nitrogens is 4. The first-order chi connectivity index (χ1) is 13.1. The van der Waals surface area contributed by atoms with Gasteiger partial charge in [-0.2, -0.15) is 0 Å². The topological polar surface area (TPSA) is 46.3 Å². The van der Waals surface area contributed by atoms with Crippen molar-refractivity contribution in [2.75, 3.05) is 11.4 Å². The van der Waals surface area contributed by atoms with Crippen LogP contribution in [0.15, 0.2) is 42.6 Å². The SMILES string of the molecule is Fc1ccc(F)c([C@H]2CCCN2c2ccn3nc4nc(Cl)ccc4c3n2)c1. The Morgan fingerprint density at radius 3 is 2.85 bits per heavy atom. The predicted octanol–water partition coefficient (Wildman–Crippen LogP) is 4.55. The fourth-order valence-electron chi connectivity index (χ4n) is 3.74. The minimum atomic E-state index is -0.439. The summed E-state index contributed by atoms with van der Waals surface area (Å²) in [5, 5.41) is 5.53. The van der Waals surface area contributed by atoms with Gasteiger partial charge in [0, 0.05) is 18.3 Å². The standard InChI is InChI=1S/C19H14ClF2N5/c20-16-6-4-12-18(23-16)25-27-9-7-17(24-19(12)27)26-8-1-2-15(26)13-10-11(21)3-5-14(13)22/h3-7,9-10,15H,1-2,8H2/t15-/m1/s1. The minimum absolute atomic E-state index is 0.252. The quantitative estimate of drug-likeness (QED) is 0.475. The molecule has 0 saturated carbocycles. The van der Waals surface area contributed by atoms with E-state index in [2.05, 4.69) is 10.1 Å². The molecular weight excluding hydrogens is 372 g/mol. The highest BCUT2D eigenvalue weighted by molar-refractivity contribution is 6.29. The second-order valence-electron chi connectivity index (χ2n) is 6.58. The summed E-state index contributed by atoms with van der Waals surface area (Å²) in [4.78, 5) is 11.0. The maximum Gasteiger partial charge on any atom is 0.185 e. The van der Waals surface area contributed by atoms with Gasteiger partial charge in [-0.05, 0) is 49.2 Å². The summed E-state index contributed by atoms with van der Waals surface area (Å²) in [6.45, 7) is 0.722. The van der Waals surface area contributed by atoms with Crippen molar-refractivity contribution in [1.29, 1.82) is 0 Å². The van der Waals surface area contributed by atoms with Gasteiger partial charge in [0.05, 0.1) is 11.4 Å². The highest BCUT2D eigenvalue weighted by Crippen LogP contribution is 2.37. The maximum absolute atomic E-state index is 14.3. The number of hydrogen-bond acceptors (Lipinski definition) is 4. The third kappa shape index (κ3) is 2.70. The predicted molar refractivity (Wildman–Crippen MR) is 99.0 cm³/mol. The molecular formula is C19H14ClF2N5. The Morgan fingerprint density at radius 1 is 1.07 bits per heavy atom. The van der Waals surface area contributed by atoms with Crippen LogP contribution >= 0.6 is 11.6 Å². The lowest BCUT2D eigenvalue weighted by Gasteiger charge is -2.26. The van der Waals surface area contributed by atoms with Crippen LogP contribution in [0.4, 0.5) is 14.6 Å². The van der Waals surface area contributed by atoms with Gasteiger partial charge in [0.15, 0.2) is 11.3 Å². The second-order valence-corrected chi connectivity index (χ2v) is 6.96. The molecule has 27 heavy (non-hydrogen) atoms. The number of hydrogen-bond donors (Lipinski definition) is 0. The van der Waals surface area contributed by atoms with Crippen molar-refractivity contribution in [3.63, 3.8) is 0 Å². The van der Waals surface area contributed by atoms with Gasteiger partial charge in [-0.3, -0.25) is 0 Å². The third-order valence-corrected chi connectivity index (χ3v) is 5.16. The van der Waals surface area contributed by atoms with Crippen LogP contribution < -0.4 is 4.90 Å². The lowest BCUT2D eigenvalue weighted by atomic mass is 10.0. The maximum atomic E-state index is 14.3. The van der Waals surface area contributed by atoms with E-state index >= 15 is 0 Å². The number of rotatable bonds is 2. The average Bonchev–Trinajstić information content (AvgIpc) is 3.27. The Bertz CT molecular complexity index is 1180. The molecule has 0 radical (unpaired) electrons. The van der Waals surface area contributed by atoms with Crippen LogP contribution in [0.2, 0.25) is 5.15 Å². The lowest BCUT2D eigenvalue weighted by molar-refractivity contribution is 0.560. The van der Waals surface area contributed by atoms with Gasteiger partial charge in [-0.15, -0.1) is 5.10 Å². The van der Waals surface area contributed by atoms with E-state index in [1.807, 2.05) is 17.0 Å². The largest absolute Gasteiger partial charge is 0.349 e. The number of halogens is 3. The van der Waals surface area contributed by atoms with Crippen LogP contribution in [-0.2, 0) is 0 Å². The molecule has 4 aromatic rings. The zero-order valence-corrected chi connectivity index (χ0v) is 14.9. The van der Waals surface area contributed by atoms with Crippen molar-refractivity contribution in [3.8, 4) is 0 Å². The Hall–Kier alpha value is -2.80. The minimum Gasteiger partial charge on any atom is -0.349 e. The summed E-state index contributed by atoms with van der Waals surface area (Å²) in [7, 11) is 0. The number of benzene rings is 1. The molecule has 5 rings (SSSR count). The van der Waals surface area contributed by atoms with E-state index in [1.54, 1.807) is 16.8 Å². The first-order valence-corrected chi connectivity index (χ1v) is 9.01. The zero-order chi connectivity index (χ0) is 18.5. The smallest absolute Gasteiger partial charge is 0.185 e. The molecule has 136 valence electrons. The van der Waals surface area contributed by atoms with Crippen LogP contribution in [0, 0.1) is 11.6 Å². The summed E-state index contributed by atoms with van der Waals surface area (Å²) in [6.07, 6.45) is 3.42. The molecule has 0 unspecified atom stereocenters. The van der Waals surface area contributed by atoms with Crippen molar-refractivity contribution in [2.45, 2.75) is 18.9 Å². The van der Waals surface area contributed by atoms with Gasteiger partial charge in [0.25, 0.3) is 0 Å². The second kappa shape index (κ2) is 6.13. The van der Waals surface area contributed by atoms with Gasteiger partial charge in [0.2, 0.25) is 0 Å². The zero-order valence-electron chi connectivity index (χ0n) is 14.1. The monoisotopic (exact) mass is 385 g/mol. The average molecular weight is 386 g/mol. The van der Waals surface area contributed by atoms with E-state index in [4.69, 9.17) is 16.6 Å². The van der Waals surface area contributed by atoms with E-state index in [9.17, 15) is 8.78 Å². The first-order valence-electron chi connectivity index (χ1n) is 8.63. The van der Waals surface area contributed by atoms with E-state index in [-0.39, 0.29) is 6.04 Å². The molecule has 0 aliphatic carbocycles. The molecule has 0 N–H and O–H groups in total. The molecule has 1 aliphatic heterocycles. The van der Waals surface area contributed by atoms with Crippen LogP contribution in [-0.4, -0.2) is 26.1 Å². The number of anilines is 1. The van der Waals surface area contributed by atoms with Gasteiger partial charge >= 0.3 is 0 Å². The summed E-state index contributed by atoms with van der Waals surface area (Å²) in [5.41, 5.74) is 1.53. The molecule has 0 bridgehead atoms. The third-order valence-electron chi connectivity index (χ3n) is 4.95. The van der Waals surface area contributed by atoms with E-state index in [0.717, 1.165) is 30.8 Å². The van der Waals surface area contributed by atoms with Gasteiger partial charge in [-0.25, -0.2) is 23.3 Å². The van der Waals surface area contributed by atoms with Gasteiger partial charge in [-0.1, -0.05) is 11.6 Å². The van der Waals surface area contributed by atoms with Crippen molar-refractivity contribution in [3.05, 3.63) is 64.9 Å². The molecule has 0 amide bonds. The first kappa shape index (κ1) is 16.4. The molecule has 1 saturated heterocycles. The van der Waals surface area contributed by atoms with Crippen LogP contribution in [0.25, 0.3) is 16.7 Å². The molecule has 5 nitrogen and oxygen atoms in total. The van der Waals surface area contributed by atoms with E-state index in [0.29, 0.717) is 27.8 Å². The molecule has 3 aromatic heterocycles. The highest BCUT2D eigenvalue weighted by Gasteiger charge is 2.30. The lowest BCUT2D eigenvalue weighted by Crippen LogP contribution is -2.24. The Labute approximate surface area is 158 Å². The van der Waals surface area contributed by atoms with Crippen molar-refractivity contribution < 1.29 is 8.78 Å². The molecule has 1 aromatic carbocycles. The van der Waals surface area contributed by atoms with Gasteiger partial charge in [0.1, 0.15) is 22.6 Å². The van der Waals surface area contributed by atoms with Crippen molar-refractivity contribution in [2.24, 2.45) is 0 Å². The Kier molecular flexibility index (Phi) is 3.72. The Balaban J connectivity index is 1.61. The molecule has 0 spiro atoms. The Morgan fingerprint density at radius 2 is 1.96 bits per heavy atom. The molecule has 1 fully saturated rings. The number of nitrogens with zero attached hydrogens (tertiary/aromatic N) is 5. The summed E-state index contributed by atoms with van der Waals surface area (Å²) >= 11 is 5.94. The summed E-state index contributed by atoms with van der Waals surface area (Å²) < 4.78 is 29.6. The number of pyridine rings is 1. The van der Waals surface area contributed by atoms with Crippen molar-refractivity contribution in [1.82, 2.24) is 19.6 Å². The molecule has 4 heterocycles. The fourth-order valence-corrected chi connectivity index (χ4v) is 3.88. The fraction of sp³-hybridized carbons (Fsp3) is 0.211. The molecule has 1 atom stereocenters. The van der Waals surface area contributed by atoms with E-state index < -0.39 is 11.6 Å². The van der Waals surface area contributed by atoms with Crippen LogP contribution in [0.3, 0.4) is 0 Å². The van der Waals surface area contributed by atoms with Gasteiger partial charge < -0.3 is 4.90 Å². The highest BCUT2D eigenvalue weighted by atomic mass is 35.5. The number of fused-ring (bicyclic) bond motifs is 3. The summed E-state index contributed by atoms with van der Waals surface area (Å²) in [5.74, 6) is -0.139. The normalized spacial score (nSPS) is 17.3. The molecule has 1 aliphatic rings. The van der Waals surface area contributed by atoms with E-state index in [1.165, 1.54) is 12.1 Å². The van der Waals surface area contributed by atoms with Crippen molar-refractivity contribution >= 4 is 34.1 Å². The van der Waals surface area contributed by atoms with Crippen LogP contribution in [0.1, 0.15) is 24.4 Å². The summed E-state index contributed by atoms with van der Waals surface area (Å²) in [6, 6.07) is 8.69. The van der Waals surface area contributed by atoms with Crippen LogP contribution in [0.5, 0.6) is 0 Å².